The molecule has 0 radical (unpaired) electrons. The van der Waals surface area contributed by atoms with Crippen molar-refractivity contribution in [2.45, 2.75) is 56.9 Å². The zero-order valence-corrected chi connectivity index (χ0v) is 14.7. The summed E-state index contributed by atoms with van der Waals surface area (Å²) in [5.74, 6) is -0.584. The summed E-state index contributed by atoms with van der Waals surface area (Å²) in [6.07, 6.45) is 5.12. The first-order valence-corrected chi connectivity index (χ1v) is 9.32. The molecule has 1 aromatic carbocycles. The number of halogens is 2. The highest BCUT2D eigenvalue weighted by Crippen LogP contribution is 2.26. The van der Waals surface area contributed by atoms with Gasteiger partial charge in [0.25, 0.3) is 0 Å². The van der Waals surface area contributed by atoms with E-state index in [1.807, 2.05) is 6.92 Å². The van der Waals surface area contributed by atoms with E-state index >= 15 is 0 Å². The number of nitrogen functional groups attached to an aromatic ring is 1. The zero-order valence-electron chi connectivity index (χ0n) is 12.3. The van der Waals surface area contributed by atoms with Crippen molar-refractivity contribution in [3.63, 3.8) is 0 Å². The van der Waals surface area contributed by atoms with Gasteiger partial charge in [-0.15, -0.1) is 0 Å². The maximum atomic E-state index is 13.3. The van der Waals surface area contributed by atoms with Gasteiger partial charge in [0.15, 0.2) is 0 Å². The fourth-order valence-electron chi connectivity index (χ4n) is 2.04. The van der Waals surface area contributed by atoms with Crippen LogP contribution in [0.2, 0.25) is 0 Å². The summed E-state index contributed by atoms with van der Waals surface area (Å²) < 4.78 is 40.5. The summed E-state index contributed by atoms with van der Waals surface area (Å²) in [7, 11) is -3.74. The molecule has 21 heavy (non-hydrogen) atoms. The van der Waals surface area contributed by atoms with E-state index in [0.717, 1.165) is 38.2 Å². The van der Waals surface area contributed by atoms with Crippen molar-refractivity contribution in [1.29, 1.82) is 0 Å². The number of anilines is 1. The third kappa shape index (κ3) is 5.56. The molecule has 120 valence electrons. The lowest BCUT2D eigenvalue weighted by molar-refractivity contribution is 0.522. The fraction of sp³-hybridized carbons (Fsp3) is 0.571. The molecule has 0 spiro atoms. The molecule has 0 aromatic heterocycles. The predicted octanol–water partition coefficient (Wildman–Crippen LogP) is 3.81. The van der Waals surface area contributed by atoms with Gasteiger partial charge in [-0.1, -0.05) is 32.6 Å². The number of nitrogens with two attached hydrogens (primary N) is 1. The maximum Gasteiger partial charge on any atom is 0.242 e. The van der Waals surface area contributed by atoms with Gasteiger partial charge < -0.3 is 5.73 Å². The van der Waals surface area contributed by atoms with Crippen LogP contribution in [-0.2, 0) is 10.0 Å². The van der Waals surface area contributed by atoms with Gasteiger partial charge in [-0.05, 0) is 41.4 Å². The number of sulfonamides is 1. The molecular weight excluding hydrogens is 359 g/mol. The van der Waals surface area contributed by atoms with Crippen LogP contribution in [-0.4, -0.2) is 14.5 Å². The second-order valence-corrected chi connectivity index (χ2v) is 7.71. The van der Waals surface area contributed by atoms with E-state index in [1.54, 1.807) is 0 Å². The Balaban J connectivity index is 2.75. The quantitative estimate of drug-likeness (QED) is 0.531. The van der Waals surface area contributed by atoms with Crippen LogP contribution in [0.25, 0.3) is 0 Å². The second-order valence-electron chi connectivity index (χ2n) is 5.18. The van der Waals surface area contributed by atoms with Crippen LogP contribution in [0, 0.1) is 5.82 Å². The van der Waals surface area contributed by atoms with Gasteiger partial charge in [0.05, 0.1) is 10.2 Å². The summed E-state index contributed by atoms with van der Waals surface area (Å²) >= 11 is 2.98. The normalized spacial score (nSPS) is 13.3. The summed E-state index contributed by atoms with van der Waals surface area (Å²) in [5, 5.41) is 0. The van der Waals surface area contributed by atoms with Crippen LogP contribution in [0.4, 0.5) is 10.1 Å². The fourth-order valence-corrected chi connectivity index (χ4v) is 3.95. The molecule has 0 amide bonds. The largest absolute Gasteiger partial charge is 0.398 e. The first-order chi connectivity index (χ1) is 9.77. The summed E-state index contributed by atoms with van der Waals surface area (Å²) in [4.78, 5) is -0.101. The SMILES string of the molecule is CCCCCCC(C)NS(=O)(=O)c1cc(Br)c(F)cc1N. The molecule has 0 aliphatic heterocycles. The van der Waals surface area contributed by atoms with Gasteiger partial charge in [-0.2, -0.15) is 0 Å². The molecule has 0 saturated heterocycles. The first-order valence-electron chi connectivity index (χ1n) is 7.04. The molecule has 1 atom stereocenters. The van der Waals surface area contributed by atoms with E-state index in [4.69, 9.17) is 5.73 Å². The number of benzene rings is 1. The average Bonchev–Trinajstić information content (AvgIpc) is 2.38. The topological polar surface area (TPSA) is 72.2 Å². The van der Waals surface area contributed by atoms with Crippen molar-refractivity contribution in [1.82, 2.24) is 4.72 Å². The molecule has 1 aromatic rings. The number of hydrogen-bond acceptors (Lipinski definition) is 3. The Hall–Kier alpha value is -0.660. The molecule has 1 unspecified atom stereocenters. The Morgan fingerprint density at radius 2 is 2.00 bits per heavy atom. The van der Waals surface area contributed by atoms with E-state index in [1.165, 1.54) is 6.07 Å². The van der Waals surface area contributed by atoms with Crippen molar-refractivity contribution in [2.24, 2.45) is 0 Å². The van der Waals surface area contributed by atoms with E-state index in [9.17, 15) is 12.8 Å². The zero-order chi connectivity index (χ0) is 16.0. The Kier molecular flexibility index (Phi) is 7.09. The lowest BCUT2D eigenvalue weighted by atomic mass is 10.1. The molecule has 0 bridgehead atoms. The summed E-state index contributed by atoms with van der Waals surface area (Å²) in [5.41, 5.74) is 5.52. The van der Waals surface area contributed by atoms with Gasteiger partial charge >= 0.3 is 0 Å². The molecule has 7 heteroatoms. The predicted molar refractivity (Wildman–Crippen MR) is 87.1 cm³/mol. The van der Waals surface area contributed by atoms with E-state index < -0.39 is 15.8 Å². The Labute approximate surface area is 134 Å². The number of rotatable bonds is 8. The highest BCUT2D eigenvalue weighted by molar-refractivity contribution is 9.10. The van der Waals surface area contributed by atoms with Gasteiger partial charge in [0, 0.05) is 6.04 Å². The van der Waals surface area contributed by atoms with Crippen molar-refractivity contribution in [3.05, 3.63) is 22.4 Å². The van der Waals surface area contributed by atoms with Crippen LogP contribution >= 0.6 is 15.9 Å². The van der Waals surface area contributed by atoms with Crippen molar-refractivity contribution in [3.8, 4) is 0 Å². The van der Waals surface area contributed by atoms with E-state index in [-0.39, 0.29) is 21.1 Å². The molecule has 1 rings (SSSR count). The number of nitrogens with one attached hydrogen (secondary N) is 1. The van der Waals surface area contributed by atoms with Crippen molar-refractivity contribution < 1.29 is 12.8 Å². The minimum Gasteiger partial charge on any atom is -0.398 e. The number of unbranched alkanes of at least 4 members (excludes halogenated alkanes) is 3. The van der Waals surface area contributed by atoms with Crippen molar-refractivity contribution >= 4 is 31.6 Å². The number of hydrogen-bond donors (Lipinski definition) is 2. The second kappa shape index (κ2) is 8.10. The maximum absolute atomic E-state index is 13.3. The molecule has 4 nitrogen and oxygen atoms in total. The lowest BCUT2D eigenvalue weighted by Crippen LogP contribution is -2.33. The van der Waals surface area contributed by atoms with Crippen LogP contribution in [0.3, 0.4) is 0 Å². The van der Waals surface area contributed by atoms with Crippen LogP contribution in [0.1, 0.15) is 46.0 Å². The Morgan fingerprint density at radius 3 is 2.62 bits per heavy atom. The molecule has 3 N–H and O–H groups in total. The minimum absolute atomic E-state index is 0.0765. The highest BCUT2D eigenvalue weighted by Gasteiger charge is 2.21. The van der Waals surface area contributed by atoms with Gasteiger partial charge in [-0.3, -0.25) is 0 Å². The molecule has 0 aliphatic carbocycles. The monoisotopic (exact) mass is 380 g/mol. The molecule has 0 heterocycles. The Morgan fingerprint density at radius 1 is 1.33 bits per heavy atom. The van der Waals surface area contributed by atoms with Crippen LogP contribution in [0.15, 0.2) is 21.5 Å². The summed E-state index contributed by atoms with van der Waals surface area (Å²) in [6, 6.07) is 2.01. The minimum atomic E-state index is -3.74. The third-order valence-corrected chi connectivity index (χ3v) is 5.44. The van der Waals surface area contributed by atoms with Crippen LogP contribution < -0.4 is 10.5 Å². The Bertz CT molecular complexity index is 579. The highest BCUT2D eigenvalue weighted by atomic mass is 79.9. The first kappa shape index (κ1) is 18.4. The van der Waals surface area contributed by atoms with Crippen LogP contribution in [0.5, 0.6) is 0 Å². The van der Waals surface area contributed by atoms with Gasteiger partial charge in [-0.25, -0.2) is 17.5 Å². The van der Waals surface area contributed by atoms with Gasteiger partial charge in [0.2, 0.25) is 10.0 Å². The molecule has 0 saturated carbocycles. The van der Waals surface area contributed by atoms with E-state index in [0.29, 0.717) is 0 Å². The van der Waals surface area contributed by atoms with Crippen molar-refractivity contribution in [2.75, 3.05) is 5.73 Å². The molecular formula is C14H22BrFN2O2S. The third-order valence-electron chi connectivity index (χ3n) is 3.19. The lowest BCUT2D eigenvalue weighted by Gasteiger charge is -2.15. The molecule has 0 aliphatic rings. The van der Waals surface area contributed by atoms with Gasteiger partial charge in [0.1, 0.15) is 10.7 Å². The molecule has 0 fully saturated rings. The summed E-state index contributed by atoms with van der Waals surface area (Å²) in [6.45, 7) is 3.94. The smallest absolute Gasteiger partial charge is 0.242 e. The average molecular weight is 381 g/mol. The standard InChI is InChI=1S/C14H22BrFN2O2S/c1-3-4-5-6-7-10(2)18-21(19,20)14-8-11(15)12(16)9-13(14)17/h8-10,18H,3-7,17H2,1-2H3. The van der Waals surface area contributed by atoms with E-state index in [2.05, 4.69) is 27.6 Å².